The van der Waals surface area contributed by atoms with E-state index in [1.165, 1.54) is 17.3 Å². The van der Waals surface area contributed by atoms with E-state index in [2.05, 4.69) is 55.2 Å². The van der Waals surface area contributed by atoms with Crippen molar-refractivity contribution in [3.8, 4) is 17.1 Å². The number of Topliss-reactive ketones (excluding diaryl/α,β-unsaturated/α-hetero) is 1. The van der Waals surface area contributed by atoms with Crippen LogP contribution in [0.2, 0.25) is 0 Å². The van der Waals surface area contributed by atoms with E-state index in [1.54, 1.807) is 0 Å². The van der Waals surface area contributed by atoms with E-state index in [1.807, 2.05) is 55.7 Å². The highest BCUT2D eigenvalue weighted by Crippen LogP contribution is 2.31. The first-order valence-corrected chi connectivity index (χ1v) is 10.8. The number of carbonyl (C=O) groups is 1. The van der Waals surface area contributed by atoms with Gasteiger partial charge in [0.15, 0.2) is 11.0 Å². The smallest absolute Gasteiger partial charge is 0.196 e. The standard InChI is InChI=1S/C24H29N3OS/c1-23(2,3)18-14-12-17(13-15-18)21-25-26-22(29-16-20(28)24(4,5)6)27(21)19-10-8-7-9-11-19/h7-15H,16H2,1-6H3. The molecule has 0 N–H and O–H groups in total. The normalized spacial score (nSPS) is 12.2. The lowest BCUT2D eigenvalue weighted by atomic mass is 9.87. The zero-order valence-electron chi connectivity index (χ0n) is 18.1. The number of para-hydroxylation sites is 1. The molecule has 3 rings (SSSR count). The fraction of sp³-hybridized carbons (Fsp3) is 0.375. The molecule has 0 saturated carbocycles. The van der Waals surface area contributed by atoms with E-state index >= 15 is 0 Å². The van der Waals surface area contributed by atoms with E-state index in [9.17, 15) is 4.79 Å². The molecule has 0 aliphatic heterocycles. The Labute approximate surface area is 177 Å². The summed E-state index contributed by atoms with van der Waals surface area (Å²) in [6, 6.07) is 18.5. The fourth-order valence-corrected chi connectivity index (χ4v) is 3.94. The molecule has 1 aromatic heterocycles. The van der Waals surface area contributed by atoms with Crippen molar-refractivity contribution < 1.29 is 4.79 Å². The van der Waals surface area contributed by atoms with Gasteiger partial charge in [0.2, 0.25) is 0 Å². The lowest BCUT2D eigenvalue weighted by Gasteiger charge is -2.19. The summed E-state index contributed by atoms with van der Waals surface area (Å²) in [6.45, 7) is 12.4. The Balaban J connectivity index is 2.00. The molecule has 0 aliphatic rings. The lowest BCUT2D eigenvalue weighted by molar-refractivity contribution is -0.123. The van der Waals surface area contributed by atoms with Gasteiger partial charge in [0.25, 0.3) is 0 Å². The van der Waals surface area contributed by atoms with E-state index in [-0.39, 0.29) is 16.6 Å². The SMILES string of the molecule is CC(C)(C)C(=O)CSc1nnc(-c2ccc(C(C)(C)C)cc2)n1-c1ccccc1. The van der Waals surface area contributed by atoms with Crippen LogP contribution in [-0.2, 0) is 10.2 Å². The zero-order chi connectivity index (χ0) is 21.2. The maximum atomic E-state index is 12.4. The van der Waals surface area contributed by atoms with Crippen molar-refractivity contribution in [2.24, 2.45) is 5.41 Å². The van der Waals surface area contributed by atoms with Crippen molar-refractivity contribution in [3.05, 3.63) is 60.2 Å². The third-order valence-electron chi connectivity index (χ3n) is 4.83. The van der Waals surface area contributed by atoms with Gasteiger partial charge in [0, 0.05) is 16.7 Å². The molecule has 0 atom stereocenters. The number of hydrogen-bond acceptors (Lipinski definition) is 4. The molecule has 0 bridgehead atoms. The van der Waals surface area contributed by atoms with E-state index in [0.29, 0.717) is 5.75 Å². The highest BCUT2D eigenvalue weighted by Gasteiger charge is 2.23. The summed E-state index contributed by atoms with van der Waals surface area (Å²) in [4.78, 5) is 12.4. The van der Waals surface area contributed by atoms with Crippen LogP contribution >= 0.6 is 11.8 Å². The topological polar surface area (TPSA) is 47.8 Å². The Bertz CT molecular complexity index is 978. The van der Waals surface area contributed by atoms with Crippen molar-refractivity contribution in [1.82, 2.24) is 14.8 Å². The quantitative estimate of drug-likeness (QED) is 0.491. The largest absolute Gasteiger partial charge is 0.298 e. The Morgan fingerprint density at radius 1 is 0.897 bits per heavy atom. The average molecular weight is 408 g/mol. The van der Waals surface area contributed by atoms with Crippen LogP contribution in [0.3, 0.4) is 0 Å². The summed E-state index contributed by atoms with van der Waals surface area (Å²) < 4.78 is 2.03. The third kappa shape index (κ3) is 4.96. The average Bonchev–Trinajstić information content (AvgIpc) is 3.09. The van der Waals surface area contributed by atoms with Crippen LogP contribution in [0.5, 0.6) is 0 Å². The lowest BCUT2D eigenvalue weighted by Crippen LogP contribution is -2.22. The number of carbonyl (C=O) groups excluding carboxylic acids is 1. The third-order valence-corrected chi connectivity index (χ3v) is 5.75. The molecule has 3 aromatic rings. The molecule has 0 radical (unpaired) electrons. The monoisotopic (exact) mass is 407 g/mol. The van der Waals surface area contributed by atoms with Crippen molar-refractivity contribution in [2.75, 3.05) is 5.75 Å². The Morgan fingerprint density at radius 3 is 2.07 bits per heavy atom. The predicted octanol–water partition coefficient (Wildman–Crippen LogP) is 5.94. The summed E-state index contributed by atoms with van der Waals surface area (Å²) >= 11 is 1.44. The molecule has 4 nitrogen and oxygen atoms in total. The molecule has 0 aliphatic carbocycles. The molecule has 5 heteroatoms. The predicted molar refractivity (Wildman–Crippen MR) is 121 cm³/mol. The first-order valence-electron chi connectivity index (χ1n) is 9.85. The van der Waals surface area contributed by atoms with Crippen molar-refractivity contribution in [1.29, 1.82) is 0 Å². The van der Waals surface area contributed by atoms with Gasteiger partial charge in [-0.25, -0.2) is 0 Å². The van der Waals surface area contributed by atoms with Crippen LogP contribution < -0.4 is 0 Å². The van der Waals surface area contributed by atoms with E-state index < -0.39 is 0 Å². The Hall–Kier alpha value is -2.40. The second kappa shape index (κ2) is 8.15. The molecule has 29 heavy (non-hydrogen) atoms. The van der Waals surface area contributed by atoms with Gasteiger partial charge in [-0.3, -0.25) is 9.36 Å². The fourth-order valence-electron chi connectivity index (χ4n) is 2.83. The minimum Gasteiger partial charge on any atom is -0.298 e. The van der Waals surface area contributed by atoms with Crippen LogP contribution in [0.25, 0.3) is 17.1 Å². The number of aromatic nitrogens is 3. The Kier molecular flexibility index (Phi) is 5.99. The number of hydrogen-bond donors (Lipinski definition) is 0. The van der Waals surface area contributed by atoms with Gasteiger partial charge in [0.1, 0.15) is 5.78 Å². The molecule has 0 saturated heterocycles. The maximum absolute atomic E-state index is 12.4. The molecule has 152 valence electrons. The molecule has 0 spiro atoms. The number of benzene rings is 2. The summed E-state index contributed by atoms with van der Waals surface area (Å²) in [7, 11) is 0. The van der Waals surface area contributed by atoms with Gasteiger partial charge >= 0.3 is 0 Å². The number of thioether (sulfide) groups is 1. The zero-order valence-corrected chi connectivity index (χ0v) is 18.9. The second-order valence-electron chi connectivity index (χ2n) is 9.27. The van der Waals surface area contributed by atoms with Crippen LogP contribution in [-0.4, -0.2) is 26.3 Å². The maximum Gasteiger partial charge on any atom is 0.196 e. The molecular formula is C24H29N3OS. The van der Waals surface area contributed by atoms with E-state index in [0.717, 1.165) is 22.2 Å². The minimum absolute atomic E-state index is 0.0972. The molecule has 0 amide bonds. The summed E-state index contributed by atoms with van der Waals surface area (Å²) in [5.74, 6) is 1.35. The molecule has 2 aromatic carbocycles. The van der Waals surface area contributed by atoms with Gasteiger partial charge in [0.05, 0.1) is 5.75 Å². The molecule has 1 heterocycles. The van der Waals surface area contributed by atoms with Gasteiger partial charge in [-0.1, -0.05) is 95.8 Å². The highest BCUT2D eigenvalue weighted by molar-refractivity contribution is 7.99. The number of ketones is 1. The van der Waals surface area contributed by atoms with Crippen LogP contribution in [0, 0.1) is 5.41 Å². The van der Waals surface area contributed by atoms with Gasteiger partial charge in [-0.05, 0) is 23.1 Å². The Morgan fingerprint density at radius 2 is 1.52 bits per heavy atom. The van der Waals surface area contributed by atoms with Gasteiger partial charge < -0.3 is 0 Å². The highest BCUT2D eigenvalue weighted by atomic mass is 32.2. The number of nitrogens with zero attached hydrogens (tertiary/aromatic N) is 3. The molecule has 0 unspecified atom stereocenters. The first kappa shape index (κ1) is 21.3. The van der Waals surface area contributed by atoms with Crippen molar-refractivity contribution in [3.63, 3.8) is 0 Å². The molecular weight excluding hydrogens is 378 g/mol. The van der Waals surface area contributed by atoms with Crippen molar-refractivity contribution in [2.45, 2.75) is 52.1 Å². The molecule has 0 fully saturated rings. The van der Waals surface area contributed by atoms with Crippen molar-refractivity contribution >= 4 is 17.5 Å². The van der Waals surface area contributed by atoms with Gasteiger partial charge in [-0.15, -0.1) is 10.2 Å². The summed E-state index contributed by atoms with van der Waals surface area (Å²) in [5.41, 5.74) is 3.00. The van der Waals surface area contributed by atoms with Crippen LogP contribution in [0.15, 0.2) is 59.8 Å². The van der Waals surface area contributed by atoms with Crippen LogP contribution in [0.4, 0.5) is 0 Å². The summed E-state index contributed by atoms with van der Waals surface area (Å²) in [6.07, 6.45) is 0. The first-order chi connectivity index (χ1) is 13.6. The van der Waals surface area contributed by atoms with E-state index in [4.69, 9.17) is 0 Å². The summed E-state index contributed by atoms with van der Waals surface area (Å²) in [5, 5.41) is 9.62. The number of rotatable bonds is 5. The van der Waals surface area contributed by atoms with Gasteiger partial charge in [-0.2, -0.15) is 0 Å². The van der Waals surface area contributed by atoms with Crippen LogP contribution in [0.1, 0.15) is 47.1 Å². The minimum atomic E-state index is -0.365. The second-order valence-corrected chi connectivity index (χ2v) is 10.2.